The van der Waals surface area contributed by atoms with Crippen molar-refractivity contribution in [1.29, 1.82) is 0 Å². The van der Waals surface area contributed by atoms with Crippen LogP contribution in [-0.2, 0) is 16.1 Å². The van der Waals surface area contributed by atoms with Crippen LogP contribution in [-0.4, -0.2) is 30.7 Å². The Morgan fingerprint density at radius 1 is 1.18 bits per heavy atom. The van der Waals surface area contributed by atoms with E-state index in [9.17, 15) is 18.8 Å². The van der Waals surface area contributed by atoms with Gasteiger partial charge in [-0.05, 0) is 31.2 Å². The molecule has 3 rings (SSSR count). The van der Waals surface area contributed by atoms with Crippen molar-refractivity contribution in [2.45, 2.75) is 32.4 Å². The summed E-state index contributed by atoms with van der Waals surface area (Å²) in [5.74, 6) is -0.594. The van der Waals surface area contributed by atoms with E-state index in [0.29, 0.717) is 22.6 Å². The molecule has 0 aliphatic carbocycles. The van der Waals surface area contributed by atoms with Crippen LogP contribution in [0.4, 0.5) is 10.1 Å². The lowest BCUT2D eigenvalue weighted by atomic mass is 10.0. The van der Waals surface area contributed by atoms with Gasteiger partial charge >= 0.3 is 0 Å². The van der Waals surface area contributed by atoms with E-state index in [1.165, 1.54) is 11.0 Å². The van der Waals surface area contributed by atoms with E-state index in [2.05, 4.69) is 5.32 Å². The fraction of sp³-hybridized carbons (Fsp3) is 0.286. The number of ether oxygens (including phenoxy) is 1. The van der Waals surface area contributed by atoms with Crippen LogP contribution in [0.2, 0.25) is 0 Å². The van der Waals surface area contributed by atoms with Gasteiger partial charge in [-0.2, -0.15) is 0 Å². The minimum absolute atomic E-state index is 0.00727. The lowest BCUT2D eigenvalue weighted by Crippen LogP contribution is -2.42. The summed E-state index contributed by atoms with van der Waals surface area (Å²) in [7, 11) is 1.63. The Labute approximate surface area is 162 Å². The molecule has 0 saturated heterocycles. The number of halogens is 1. The Balaban J connectivity index is 1.57. The Bertz CT molecular complexity index is 928. The molecule has 0 spiro atoms. The number of nitrogens with one attached hydrogen (secondary N) is 1. The summed E-state index contributed by atoms with van der Waals surface area (Å²) in [6.45, 7) is 1.74. The first kappa shape index (κ1) is 19.5. The van der Waals surface area contributed by atoms with Gasteiger partial charge < -0.3 is 15.0 Å². The Kier molecular flexibility index (Phi) is 5.73. The van der Waals surface area contributed by atoms with Crippen molar-refractivity contribution in [2.24, 2.45) is 0 Å². The molecule has 2 aromatic carbocycles. The number of carbonyl (C=O) groups is 3. The minimum atomic E-state index is -0.572. The van der Waals surface area contributed by atoms with Crippen molar-refractivity contribution in [1.82, 2.24) is 5.32 Å². The summed E-state index contributed by atoms with van der Waals surface area (Å²) >= 11 is 0. The van der Waals surface area contributed by atoms with Crippen molar-refractivity contribution >= 4 is 23.3 Å². The van der Waals surface area contributed by atoms with E-state index in [4.69, 9.17) is 4.74 Å². The Hall–Kier alpha value is -3.22. The van der Waals surface area contributed by atoms with Crippen LogP contribution in [0.15, 0.2) is 42.5 Å². The smallest absolute Gasteiger partial charge is 0.267 e. The molecule has 0 aromatic heterocycles. The molecule has 1 heterocycles. The third kappa shape index (κ3) is 4.19. The van der Waals surface area contributed by atoms with Crippen LogP contribution in [0.3, 0.4) is 0 Å². The molecule has 146 valence electrons. The quantitative estimate of drug-likeness (QED) is 0.777. The highest BCUT2D eigenvalue weighted by Gasteiger charge is 2.29. The average molecular weight is 384 g/mol. The average Bonchev–Trinajstić information content (AvgIpc) is 2.69. The second kappa shape index (κ2) is 8.21. The third-order valence-corrected chi connectivity index (χ3v) is 4.64. The number of Topliss-reactive ketones (excluding diaryl/α,β-unsaturated/α-hetero) is 1. The molecule has 2 amide bonds. The summed E-state index contributed by atoms with van der Waals surface area (Å²) in [5.41, 5.74) is 1.32. The van der Waals surface area contributed by atoms with Crippen LogP contribution < -0.4 is 15.0 Å². The normalized spacial score (nSPS) is 15.6. The van der Waals surface area contributed by atoms with Gasteiger partial charge in [0.15, 0.2) is 11.9 Å². The summed E-state index contributed by atoms with van der Waals surface area (Å²) in [6.07, 6.45) is -0.569. The van der Waals surface area contributed by atoms with Gasteiger partial charge in [0.2, 0.25) is 5.91 Å². The third-order valence-electron chi connectivity index (χ3n) is 4.64. The SMILES string of the molecule is CC1Oc2ccc(C(=O)CCC(=O)NCc3ccccc3F)cc2N(C)C1=O. The topological polar surface area (TPSA) is 75.7 Å². The highest BCUT2D eigenvalue weighted by atomic mass is 19.1. The van der Waals surface area contributed by atoms with Crippen LogP contribution in [0, 0.1) is 5.82 Å². The van der Waals surface area contributed by atoms with Crippen LogP contribution in [0.25, 0.3) is 0 Å². The second-order valence-corrected chi connectivity index (χ2v) is 6.63. The minimum Gasteiger partial charge on any atom is -0.479 e. The number of ketones is 1. The highest BCUT2D eigenvalue weighted by molar-refractivity contribution is 6.03. The highest BCUT2D eigenvalue weighted by Crippen LogP contribution is 2.34. The van der Waals surface area contributed by atoms with Crippen molar-refractivity contribution < 1.29 is 23.5 Å². The van der Waals surface area contributed by atoms with E-state index in [0.717, 1.165) is 0 Å². The first-order chi connectivity index (χ1) is 13.4. The van der Waals surface area contributed by atoms with Crippen molar-refractivity contribution in [3.05, 3.63) is 59.4 Å². The maximum absolute atomic E-state index is 13.6. The zero-order valence-corrected chi connectivity index (χ0v) is 15.7. The Morgan fingerprint density at radius 3 is 2.68 bits per heavy atom. The van der Waals surface area contributed by atoms with E-state index in [1.54, 1.807) is 50.4 Å². The number of carbonyl (C=O) groups excluding carboxylic acids is 3. The monoisotopic (exact) mass is 384 g/mol. The molecule has 1 aliphatic heterocycles. The molecule has 1 N–H and O–H groups in total. The molecule has 0 radical (unpaired) electrons. The summed E-state index contributed by atoms with van der Waals surface area (Å²) in [4.78, 5) is 37.9. The van der Waals surface area contributed by atoms with E-state index >= 15 is 0 Å². The fourth-order valence-corrected chi connectivity index (χ4v) is 2.98. The van der Waals surface area contributed by atoms with Crippen molar-refractivity contribution in [3.63, 3.8) is 0 Å². The predicted molar refractivity (Wildman–Crippen MR) is 102 cm³/mol. The summed E-state index contributed by atoms with van der Waals surface area (Å²) < 4.78 is 19.1. The van der Waals surface area contributed by atoms with Crippen LogP contribution in [0.1, 0.15) is 35.7 Å². The molecule has 0 saturated carbocycles. The van der Waals surface area contributed by atoms with Gasteiger partial charge in [-0.3, -0.25) is 14.4 Å². The number of rotatable bonds is 6. The molecule has 7 heteroatoms. The largest absolute Gasteiger partial charge is 0.479 e. The maximum Gasteiger partial charge on any atom is 0.267 e. The zero-order valence-electron chi connectivity index (χ0n) is 15.7. The van der Waals surface area contributed by atoms with E-state index in [-0.39, 0.29) is 42.8 Å². The molecule has 28 heavy (non-hydrogen) atoms. The number of anilines is 1. The second-order valence-electron chi connectivity index (χ2n) is 6.63. The molecule has 2 aromatic rings. The van der Waals surface area contributed by atoms with E-state index in [1.807, 2.05) is 0 Å². The predicted octanol–water partition coefficient (Wildman–Crippen LogP) is 2.85. The Morgan fingerprint density at radius 2 is 1.93 bits per heavy atom. The van der Waals surface area contributed by atoms with Gasteiger partial charge in [0.1, 0.15) is 11.6 Å². The molecule has 0 fully saturated rings. The number of likely N-dealkylation sites (N-methyl/N-ethyl adjacent to an activating group) is 1. The van der Waals surface area contributed by atoms with Gasteiger partial charge in [0.25, 0.3) is 5.91 Å². The first-order valence-electron chi connectivity index (χ1n) is 8.98. The molecule has 1 unspecified atom stereocenters. The number of nitrogens with zero attached hydrogens (tertiary/aromatic N) is 1. The number of hydrogen-bond donors (Lipinski definition) is 1. The summed E-state index contributed by atoms with van der Waals surface area (Å²) in [6, 6.07) is 11.1. The van der Waals surface area contributed by atoms with Gasteiger partial charge in [0.05, 0.1) is 5.69 Å². The first-order valence-corrected chi connectivity index (χ1v) is 8.98. The number of hydrogen-bond acceptors (Lipinski definition) is 4. The van der Waals surface area contributed by atoms with Crippen molar-refractivity contribution in [2.75, 3.05) is 11.9 Å². The molecule has 6 nitrogen and oxygen atoms in total. The molecule has 1 atom stereocenters. The molecule has 0 bridgehead atoms. The zero-order chi connectivity index (χ0) is 20.3. The lowest BCUT2D eigenvalue weighted by molar-refractivity contribution is -0.125. The fourth-order valence-electron chi connectivity index (χ4n) is 2.98. The van der Waals surface area contributed by atoms with Gasteiger partial charge in [0, 0.05) is 37.6 Å². The van der Waals surface area contributed by atoms with Crippen molar-refractivity contribution in [3.8, 4) is 5.75 Å². The number of amides is 2. The maximum atomic E-state index is 13.6. The number of benzene rings is 2. The standard InChI is InChI=1S/C21H21FN2O4/c1-13-21(27)24(2)17-11-14(7-9-19(17)28-13)18(25)8-10-20(26)23-12-15-5-3-4-6-16(15)22/h3-7,9,11,13H,8,10,12H2,1-2H3,(H,23,26). The number of fused-ring (bicyclic) bond motifs is 1. The molecular weight excluding hydrogens is 363 g/mol. The molecular formula is C21H21FN2O4. The van der Waals surface area contributed by atoms with Crippen LogP contribution >= 0.6 is 0 Å². The summed E-state index contributed by atoms with van der Waals surface area (Å²) in [5, 5.41) is 2.61. The lowest BCUT2D eigenvalue weighted by Gasteiger charge is -2.30. The van der Waals surface area contributed by atoms with Gasteiger partial charge in [-0.15, -0.1) is 0 Å². The van der Waals surface area contributed by atoms with Gasteiger partial charge in [-0.25, -0.2) is 4.39 Å². The van der Waals surface area contributed by atoms with Crippen LogP contribution in [0.5, 0.6) is 5.75 Å². The molecule has 1 aliphatic rings. The van der Waals surface area contributed by atoms with E-state index < -0.39 is 6.10 Å². The van der Waals surface area contributed by atoms with Gasteiger partial charge in [-0.1, -0.05) is 18.2 Å².